The van der Waals surface area contributed by atoms with E-state index in [1.807, 2.05) is 30.3 Å². The van der Waals surface area contributed by atoms with Gasteiger partial charge in [0.2, 0.25) is 0 Å². The van der Waals surface area contributed by atoms with Crippen LogP contribution in [0.2, 0.25) is 0 Å². The molecule has 0 unspecified atom stereocenters. The Labute approximate surface area is 158 Å². The van der Waals surface area contributed by atoms with Gasteiger partial charge in [-0.25, -0.2) is 4.68 Å². The van der Waals surface area contributed by atoms with Gasteiger partial charge in [-0.15, -0.1) is 0 Å². The highest BCUT2D eigenvalue weighted by Gasteiger charge is 2.10. The lowest BCUT2D eigenvalue weighted by molar-refractivity contribution is -0.143. The smallest absolute Gasteiger partial charge is 0.325 e. The molecule has 0 saturated heterocycles. The molecular weight excluding hydrogens is 398 g/mol. The topological polar surface area (TPSA) is 73.2 Å². The van der Waals surface area contributed by atoms with Crippen molar-refractivity contribution >= 4 is 27.8 Å². The van der Waals surface area contributed by atoms with E-state index in [1.165, 1.54) is 0 Å². The molecule has 0 atom stereocenters. The van der Waals surface area contributed by atoms with Crippen molar-refractivity contribution in [1.82, 2.24) is 15.1 Å². The van der Waals surface area contributed by atoms with E-state index in [0.717, 1.165) is 10.2 Å². The summed E-state index contributed by atoms with van der Waals surface area (Å²) in [6, 6.07) is 18.3. The van der Waals surface area contributed by atoms with Gasteiger partial charge >= 0.3 is 5.97 Å². The van der Waals surface area contributed by atoms with E-state index >= 15 is 0 Å². The first-order valence-corrected chi connectivity index (χ1v) is 8.70. The van der Waals surface area contributed by atoms with Crippen LogP contribution in [0.3, 0.4) is 0 Å². The zero-order chi connectivity index (χ0) is 18.4. The number of carbonyl (C=O) groups is 2. The van der Waals surface area contributed by atoms with Crippen LogP contribution in [0.25, 0.3) is 5.69 Å². The van der Waals surface area contributed by atoms with Crippen molar-refractivity contribution in [2.24, 2.45) is 0 Å². The van der Waals surface area contributed by atoms with Gasteiger partial charge in [-0.05, 0) is 42.5 Å². The van der Waals surface area contributed by atoms with Crippen molar-refractivity contribution in [1.29, 1.82) is 0 Å². The predicted octanol–water partition coefficient (Wildman–Crippen LogP) is 3.11. The molecule has 1 aromatic heterocycles. The number of rotatable bonds is 6. The van der Waals surface area contributed by atoms with E-state index in [4.69, 9.17) is 4.74 Å². The first kappa shape index (κ1) is 17.9. The minimum absolute atomic E-state index is 0.0484. The van der Waals surface area contributed by atoms with E-state index in [0.29, 0.717) is 11.3 Å². The maximum Gasteiger partial charge on any atom is 0.325 e. The summed E-state index contributed by atoms with van der Waals surface area (Å²) in [4.78, 5) is 23.7. The summed E-state index contributed by atoms with van der Waals surface area (Å²) in [6.45, 7) is -0.152. The van der Waals surface area contributed by atoms with Gasteiger partial charge < -0.3 is 10.1 Å². The molecule has 1 N–H and O–H groups in total. The fourth-order valence-electron chi connectivity index (χ4n) is 2.22. The highest BCUT2D eigenvalue weighted by atomic mass is 79.9. The van der Waals surface area contributed by atoms with Crippen molar-refractivity contribution < 1.29 is 14.3 Å². The summed E-state index contributed by atoms with van der Waals surface area (Å²) in [5.41, 5.74) is 2.02. The summed E-state index contributed by atoms with van der Waals surface area (Å²) >= 11 is 3.30. The molecule has 0 aliphatic carbocycles. The Kier molecular flexibility index (Phi) is 5.80. The summed E-state index contributed by atoms with van der Waals surface area (Å²) in [5.74, 6) is -0.854. The number of aromatic nitrogens is 2. The second-order valence-electron chi connectivity index (χ2n) is 5.44. The average molecular weight is 414 g/mol. The van der Waals surface area contributed by atoms with Gasteiger partial charge in [-0.2, -0.15) is 5.10 Å². The van der Waals surface area contributed by atoms with E-state index in [-0.39, 0.29) is 19.1 Å². The lowest BCUT2D eigenvalue weighted by Crippen LogP contribution is -2.30. The number of nitrogens with one attached hydrogen (secondary N) is 1. The van der Waals surface area contributed by atoms with Crippen molar-refractivity contribution in [2.45, 2.75) is 6.61 Å². The Morgan fingerprint density at radius 3 is 2.50 bits per heavy atom. The SMILES string of the molecule is O=C(CNC(=O)c1ccc(Br)cc1)OCc1ccn(-c2ccccc2)n1. The average Bonchev–Trinajstić information content (AvgIpc) is 3.15. The number of para-hydroxylation sites is 1. The third-order valence-corrected chi connectivity index (χ3v) is 4.07. The minimum atomic E-state index is -0.523. The van der Waals surface area contributed by atoms with Gasteiger partial charge in [0.1, 0.15) is 18.8 Å². The molecule has 1 amide bonds. The molecule has 3 aromatic rings. The molecule has 2 aromatic carbocycles. The fourth-order valence-corrected chi connectivity index (χ4v) is 2.49. The van der Waals surface area contributed by atoms with Crippen molar-refractivity contribution in [3.8, 4) is 5.69 Å². The van der Waals surface area contributed by atoms with E-state index < -0.39 is 5.97 Å². The van der Waals surface area contributed by atoms with Crippen LogP contribution in [0.15, 0.2) is 71.3 Å². The molecule has 0 radical (unpaired) electrons. The molecule has 1 heterocycles. The molecule has 7 heteroatoms. The number of carbonyl (C=O) groups excluding carboxylic acids is 2. The molecule has 0 saturated carbocycles. The highest BCUT2D eigenvalue weighted by molar-refractivity contribution is 9.10. The van der Waals surface area contributed by atoms with Crippen LogP contribution in [0, 0.1) is 0 Å². The standard InChI is InChI=1S/C19H16BrN3O3/c20-15-8-6-14(7-9-15)19(25)21-12-18(24)26-13-16-10-11-23(22-16)17-4-2-1-3-5-17/h1-11H,12-13H2,(H,21,25). The molecule has 0 aliphatic rings. The minimum Gasteiger partial charge on any atom is -0.458 e. The highest BCUT2D eigenvalue weighted by Crippen LogP contribution is 2.10. The van der Waals surface area contributed by atoms with E-state index in [2.05, 4.69) is 26.3 Å². The van der Waals surface area contributed by atoms with Crippen LogP contribution in [-0.4, -0.2) is 28.2 Å². The Balaban J connectivity index is 1.46. The normalized spacial score (nSPS) is 10.3. The molecule has 6 nitrogen and oxygen atoms in total. The molecular formula is C19H16BrN3O3. The van der Waals surface area contributed by atoms with Crippen molar-refractivity contribution in [3.63, 3.8) is 0 Å². The van der Waals surface area contributed by atoms with Crippen LogP contribution in [0.4, 0.5) is 0 Å². The quantitative estimate of drug-likeness (QED) is 0.630. The third kappa shape index (κ3) is 4.80. The maximum atomic E-state index is 11.9. The molecule has 0 bridgehead atoms. The number of ether oxygens (including phenoxy) is 1. The number of halogens is 1. The summed E-state index contributed by atoms with van der Waals surface area (Å²) in [7, 11) is 0. The van der Waals surface area contributed by atoms with Gasteiger partial charge in [0, 0.05) is 16.2 Å². The summed E-state index contributed by atoms with van der Waals surface area (Å²) in [6.07, 6.45) is 1.80. The monoisotopic (exact) mass is 413 g/mol. The number of hydrogen-bond acceptors (Lipinski definition) is 4. The van der Waals surface area contributed by atoms with Crippen LogP contribution >= 0.6 is 15.9 Å². The zero-order valence-electron chi connectivity index (χ0n) is 13.8. The number of benzene rings is 2. The van der Waals surface area contributed by atoms with Crippen molar-refractivity contribution in [2.75, 3.05) is 6.54 Å². The molecule has 132 valence electrons. The number of amides is 1. The molecule has 26 heavy (non-hydrogen) atoms. The summed E-state index contributed by atoms with van der Waals surface area (Å²) in [5, 5.41) is 6.88. The second kappa shape index (κ2) is 8.44. The largest absolute Gasteiger partial charge is 0.458 e. The fraction of sp³-hybridized carbons (Fsp3) is 0.105. The summed E-state index contributed by atoms with van der Waals surface area (Å²) < 4.78 is 7.73. The Morgan fingerprint density at radius 1 is 1.04 bits per heavy atom. The molecule has 0 fully saturated rings. The lowest BCUT2D eigenvalue weighted by Gasteiger charge is -2.06. The van der Waals surface area contributed by atoms with E-state index in [9.17, 15) is 9.59 Å². The second-order valence-corrected chi connectivity index (χ2v) is 6.35. The first-order chi connectivity index (χ1) is 12.6. The molecule has 0 aliphatic heterocycles. The van der Waals surface area contributed by atoms with Crippen LogP contribution < -0.4 is 5.32 Å². The number of hydrogen-bond donors (Lipinski definition) is 1. The lowest BCUT2D eigenvalue weighted by atomic mass is 10.2. The van der Waals surface area contributed by atoms with Gasteiger partial charge in [0.15, 0.2) is 0 Å². The zero-order valence-corrected chi connectivity index (χ0v) is 15.3. The Morgan fingerprint density at radius 2 is 1.77 bits per heavy atom. The first-order valence-electron chi connectivity index (χ1n) is 7.91. The number of esters is 1. The molecule has 3 rings (SSSR count). The Bertz CT molecular complexity index is 892. The Hall–Kier alpha value is -2.93. The van der Waals surface area contributed by atoms with E-state index in [1.54, 1.807) is 41.2 Å². The molecule has 0 spiro atoms. The van der Waals surface area contributed by atoms with Gasteiger partial charge in [0.25, 0.3) is 5.91 Å². The van der Waals surface area contributed by atoms with Gasteiger partial charge in [0.05, 0.1) is 5.69 Å². The van der Waals surface area contributed by atoms with Crippen LogP contribution in [0.5, 0.6) is 0 Å². The maximum absolute atomic E-state index is 11.9. The van der Waals surface area contributed by atoms with Crippen molar-refractivity contribution in [3.05, 3.63) is 82.6 Å². The number of nitrogens with zero attached hydrogens (tertiary/aromatic N) is 2. The third-order valence-electron chi connectivity index (χ3n) is 3.55. The predicted molar refractivity (Wildman–Crippen MR) is 99.8 cm³/mol. The van der Waals surface area contributed by atoms with Crippen LogP contribution in [0.1, 0.15) is 16.1 Å². The van der Waals surface area contributed by atoms with Crippen LogP contribution in [-0.2, 0) is 16.1 Å². The van der Waals surface area contributed by atoms with Gasteiger partial charge in [-0.3, -0.25) is 9.59 Å². The van der Waals surface area contributed by atoms with Gasteiger partial charge in [-0.1, -0.05) is 34.1 Å².